The standard InChI is InChI=1S/C15H23BrFN3O2/c1-6-21-14(22-7-2)13(19-20-15(3,4)5)10-8-12(16)18-9-11(10)17/h8-9,14,20H,6-7H2,1-5H3. The number of aromatic nitrogens is 1. The molecule has 124 valence electrons. The molecule has 1 rings (SSSR count). The number of halogens is 2. The van der Waals surface area contributed by atoms with E-state index in [0.717, 1.165) is 6.20 Å². The van der Waals surface area contributed by atoms with Gasteiger partial charge in [-0.15, -0.1) is 0 Å². The number of hydrazone groups is 1. The van der Waals surface area contributed by atoms with Crippen molar-refractivity contribution in [1.82, 2.24) is 10.4 Å². The van der Waals surface area contributed by atoms with Crippen molar-refractivity contribution < 1.29 is 13.9 Å². The Morgan fingerprint density at radius 2 is 1.95 bits per heavy atom. The first kappa shape index (κ1) is 19.0. The summed E-state index contributed by atoms with van der Waals surface area (Å²) in [6, 6.07) is 1.56. The molecule has 1 heterocycles. The lowest BCUT2D eigenvalue weighted by Gasteiger charge is -2.23. The van der Waals surface area contributed by atoms with Crippen molar-refractivity contribution in [2.24, 2.45) is 5.10 Å². The second-order valence-corrected chi connectivity index (χ2v) is 6.40. The predicted octanol–water partition coefficient (Wildman–Crippen LogP) is 3.47. The van der Waals surface area contributed by atoms with E-state index in [1.165, 1.54) is 0 Å². The Morgan fingerprint density at radius 1 is 1.36 bits per heavy atom. The lowest BCUT2D eigenvalue weighted by Crippen LogP contribution is -2.36. The lowest BCUT2D eigenvalue weighted by atomic mass is 10.1. The maximum atomic E-state index is 14.2. The minimum Gasteiger partial charge on any atom is -0.347 e. The first-order valence-electron chi connectivity index (χ1n) is 7.17. The van der Waals surface area contributed by atoms with Crippen molar-refractivity contribution in [1.29, 1.82) is 0 Å². The van der Waals surface area contributed by atoms with Crippen LogP contribution in [0, 0.1) is 5.82 Å². The molecule has 0 bridgehead atoms. The van der Waals surface area contributed by atoms with Gasteiger partial charge in [0.15, 0.2) is 5.82 Å². The number of ether oxygens (including phenoxy) is 2. The van der Waals surface area contributed by atoms with Gasteiger partial charge in [0, 0.05) is 24.3 Å². The van der Waals surface area contributed by atoms with Crippen molar-refractivity contribution in [3.63, 3.8) is 0 Å². The fourth-order valence-electron chi connectivity index (χ4n) is 1.59. The van der Waals surface area contributed by atoms with Crippen molar-refractivity contribution in [3.05, 3.63) is 28.2 Å². The SMILES string of the molecule is CCOC(OCC)C(=NNC(C)(C)C)c1cc(Br)ncc1F. The first-order chi connectivity index (χ1) is 10.3. The van der Waals surface area contributed by atoms with Crippen molar-refractivity contribution >= 4 is 21.6 Å². The fourth-order valence-corrected chi connectivity index (χ4v) is 1.92. The monoisotopic (exact) mass is 375 g/mol. The quantitative estimate of drug-likeness (QED) is 0.343. The zero-order chi connectivity index (χ0) is 16.8. The van der Waals surface area contributed by atoms with Crippen LogP contribution in [0.2, 0.25) is 0 Å². The minimum atomic E-state index is -0.756. The third-order valence-electron chi connectivity index (χ3n) is 2.47. The van der Waals surface area contributed by atoms with Crippen molar-refractivity contribution in [3.8, 4) is 0 Å². The summed E-state index contributed by atoms with van der Waals surface area (Å²) >= 11 is 3.25. The minimum absolute atomic E-state index is 0.269. The second-order valence-electron chi connectivity index (χ2n) is 5.59. The second kappa shape index (κ2) is 8.55. The third-order valence-corrected chi connectivity index (χ3v) is 2.90. The molecule has 1 N–H and O–H groups in total. The van der Waals surface area contributed by atoms with E-state index in [9.17, 15) is 4.39 Å². The van der Waals surface area contributed by atoms with Crippen LogP contribution in [0.25, 0.3) is 0 Å². The fraction of sp³-hybridized carbons (Fsp3) is 0.600. The highest BCUT2D eigenvalue weighted by molar-refractivity contribution is 9.10. The normalized spacial score (nSPS) is 12.8. The molecule has 22 heavy (non-hydrogen) atoms. The van der Waals surface area contributed by atoms with E-state index in [-0.39, 0.29) is 11.1 Å². The number of pyridine rings is 1. The molecule has 0 unspecified atom stereocenters. The van der Waals surface area contributed by atoms with Gasteiger partial charge in [-0.2, -0.15) is 5.10 Å². The molecule has 1 aromatic heterocycles. The molecule has 5 nitrogen and oxygen atoms in total. The van der Waals surface area contributed by atoms with E-state index < -0.39 is 12.1 Å². The Hall–Kier alpha value is -1.05. The van der Waals surface area contributed by atoms with Crippen molar-refractivity contribution in [2.75, 3.05) is 13.2 Å². The van der Waals surface area contributed by atoms with Gasteiger partial charge >= 0.3 is 0 Å². The Balaban J connectivity index is 3.28. The summed E-state index contributed by atoms with van der Waals surface area (Å²) in [7, 11) is 0. The molecule has 0 aromatic carbocycles. The molecular formula is C15H23BrFN3O2. The summed E-state index contributed by atoms with van der Waals surface area (Å²) < 4.78 is 25.8. The van der Waals surface area contributed by atoms with Gasteiger partial charge in [-0.3, -0.25) is 0 Å². The van der Waals surface area contributed by atoms with Crippen LogP contribution in [0.4, 0.5) is 4.39 Å². The van der Waals surface area contributed by atoms with Gasteiger partial charge in [-0.1, -0.05) is 0 Å². The Kier molecular flexibility index (Phi) is 7.38. The van der Waals surface area contributed by atoms with Gasteiger partial charge in [0.1, 0.15) is 10.3 Å². The van der Waals surface area contributed by atoms with Gasteiger partial charge in [0.25, 0.3) is 0 Å². The summed E-state index contributed by atoms with van der Waals surface area (Å²) in [5, 5.41) is 4.33. The lowest BCUT2D eigenvalue weighted by molar-refractivity contribution is -0.0899. The Bertz CT molecular complexity index is 512. The number of hydrogen-bond donors (Lipinski definition) is 1. The summed E-state index contributed by atoms with van der Waals surface area (Å²) in [5.41, 5.74) is 3.35. The van der Waals surface area contributed by atoms with Crippen LogP contribution in [-0.4, -0.2) is 35.7 Å². The van der Waals surface area contributed by atoms with Gasteiger partial charge < -0.3 is 14.9 Å². The number of nitrogens with one attached hydrogen (secondary N) is 1. The molecule has 0 atom stereocenters. The average Bonchev–Trinajstić information content (AvgIpc) is 2.42. The zero-order valence-electron chi connectivity index (χ0n) is 13.6. The summed E-state index contributed by atoms with van der Waals surface area (Å²) in [6.45, 7) is 10.4. The van der Waals surface area contributed by atoms with Crippen LogP contribution in [0.1, 0.15) is 40.2 Å². The summed E-state index contributed by atoms with van der Waals surface area (Å²) in [5.74, 6) is -0.484. The number of hydrogen-bond acceptors (Lipinski definition) is 5. The Morgan fingerprint density at radius 3 is 2.45 bits per heavy atom. The van der Waals surface area contributed by atoms with Gasteiger partial charge in [-0.05, 0) is 56.6 Å². The maximum absolute atomic E-state index is 14.2. The third kappa shape index (κ3) is 5.98. The molecule has 0 saturated carbocycles. The van der Waals surface area contributed by atoms with Crippen LogP contribution in [0.15, 0.2) is 22.0 Å². The first-order valence-corrected chi connectivity index (χ1v) is 7.97. The van der Waals surface area contributed by atoms with Gasteiger partial charge in [0.05, 0.1) is 6.20 Å². The largest absolute Gasteiger partial charge is 0.347 e. The molecule has 1 aromatic rings. The maximum Gasteiger partial charge on any atom is 0.203 e. The highest BCUT2D eigenvalue weighted by atomic mass is 79.9. The van der Waals surface area contributed by atoms with E-state index >= 15 is 0 Å². The molecule has 0 aliphatic heterocycles. The Labute approximate surface area is 139 Å². The number of rotatable bonds is 7. The molecule has 0 radical (unpaired) electrons. The van der Waals surface area contributed by atoms with E-state index in [0.29, 0.717) is 23.5 Å². The van der Waals surface area contributed by atoms with Crippen LogP contribution in [-0.2, 0) is 9.47 Å². The molecule has 0 aliphatic rings. The van der Waals surface area contributed by atoms with E-state index in [2.05, 4.69) is 31.4 Å². The van der Waals surface area contributed by atoms with Crippen LogP contribution in [0.3, 0.4) is 0 Å². The molecule has 0 spiro atoms. The van der Waals surface area contributed by atoms with Crippen LogP contribution in [0.5, 0.6) is 0 Å². The van der Waals surface area contributed by atoms with Crippen molar-refractivity contribution in [2.45, 2.75) is 46.4 Å². The topological polar surface area (TPSA) is 55.7 Å². The van der Waals surface area contributed by atoms with Gasteiger partial charge in [-0.25, -0.2) is 9.37 Å². The highest BCUT2D eigenvalue weighted by Gasteiger charge is 2.23. The van der Waals surface area contributed by atoms with E-state index in [4.69, 9.17) is 9.47 Å². The van der Waals surface area contributed by atoms with Crippen LogP contribution < -0.4 is 5.43 Å². The molecule has 0 amide bonds. The molecule has 0 aliphatic carbocycles. The smallest absolute Gasteiger partial charge is 0.203 e. The summed E-state index contributed by atoms with van der Waals surface area (Å²) in [4.78, 5) is 3.87. The van der Waals surface area contributed by atoms with Gasteiger partial charge in [0.2, 0.25) is 6.29 Å². The molecule has 0 saturated heterocycles. The van der Waals surface area contributed by atoms with E-state index in [1.807, 2.05) is 34.6 Å². The molecule has 0 fully saturated rings. The molecular weight excluding hydrogens is 353 g/mol. The zero-order valence-corrected chi connectivity index (χ0v) is 15.2. The summed E-state index contributed by atoms with van der Waals surface area (Å²) in [6.07, 6.45) is 0.384. The van der Waals surface area contributed by atoms with Crippen LogP contribution >= 0.6 is 15.9 Å². The average molecular weight is 376 g/mol. The predicted molar refractivity (Wildman–Crippen MR) is 88.4 cm³/mol. The highest BCUT2D eigenvalue weighted by Crippen LogP contribution is 2.17. The molecule has 7 heteroatoms. The number of nitrogens with zero attached hydrogens (tertiary/aromatic N) is 2. The van der Waals surface area contributed by atoms with E-state index in [1.54, 1.807) is 6.07 Å².